The molecule has 0 aliphatic carbocycles. The molecule has 3 aromatic carbocycles. The summed E-state index contributed by atoms with van der Waals surface area (Å²) in [5.74, 6) is -0.125. The van der Waals surface area contributed by atoms with Crippen LogP contribution in [0.4, 0.5) is 0 Å². The van der Waals surface area contributed by atoms with Crippen LogP contribution in [-0.4, -0.2) is 29.3 Å². The van der Waals surface area contributed by atoms with Crippen LogP contribution in [0.3, 0.4) is 0 Å². The number of carbonyl (C=O) groups is 2. The maximum atomic E-state index is 13.7. The van der Waals surface area contributed by atoms with Gasteiger partial charge in [0.25, 0.3) is 5.91 Å². The van der Waals surface area contributed by atoms with Crippen LogP contribution in [0.25, 0.3) is 10.9 Å². The van der Waals surface area contributed by atoms with Crippen molar-refractivity contribution in [2.24, 2.45) is 0 Å². The second kappa shape index (κ2) is 10.5. The first-order chi connectivity index (χ1) is 16.4. The van der Waals surface area contributed by atoms with Crippen LogP contribution in [-0.2, 0) is 6.42 Å². The fraction of sp³-hybridized carbons (Fsp3) is 0.241. The molecule has 1 heterocycles. The minimum absolute atomic E-state index is 0.000683. The number of fused-ring (bicyclic) bond motifs is 1. The highest BCUT2D eigenvalue weighted by Gasteiger charge is 2.24. The minimum Gasteiger partial charge on any atom is -0.360 e. The van der Waals surface area contributed by atoms with E-state index in [1.54, 1.807) is 18.3 Å². The fourth-order valence-electron chi connectivity index (χ4n) is 4.10. The summed E-state index contributed by atoms with van der Waals surface area (Å²) in [7, 11) is 0. The van der Waals surface area contributed by atoms with Crippen molar-refractivity contribution in [2.75, 3.05) is 6.54 Å². The van der Waals surface area contributed by atoms with Gasteiger partial charge in [-0.05, 0) is 50.5 Å². The quantitative estimate of drug-likeness (QED) is 0.298. The molecule has 0 spiro atoms. The third-order valence-electron chi connectivity index (χ3n) is 5.91. The van der Waals surface area contributed by atoms with E-state index in [0.29, 0.717) is 17.7 Å². The molecule has 4 aromatic rings. The van der Waals surface area contributed by atoms with Crippen molar-refractivity contribution in [1.82, 2.24) is 15.6 Å². The van der Waals surface area contributed by atoms with Gasteiger partial charge in [0, 0.05) is 40.8 Å². The zero-order valence-corrected chi connectivity index (χ0v) is 19.9. The molecule has 4 rings (SSSR count). The van der Waals surface area contributed by atoms with E-state index < -0.39 is 6.04 Å². The van der Waals surface area contributed by atoms with Gasteiger partial charge in [0.2, 0.25) is 0 Å². The Kier molecular flexibility index (Phi) is 7.24. The molecule has 0 saturated carbocycles. The van der Waals surface area contributed by atoms with Crippen molar-refractivity contribution in [1.29, 1.82) is 0 Å². The Balaban J connectivity index is 1.57. The van der Waals surface area contributed by atoms with Crippen LogP contribution in [0.5, 0.6) is 0 Å². The standard InChI is InChI=1S/C29H31N3O2/c1-19(2)32-29(34)23-13-14-24-25(18-31-26(24)17-23)28(33)27(22-7-5-4-6-8-22)30-16-15-21-11-9-20(3)10-12-21/h4-14,17-19,27,30-31H,15-16H2,1-3H3,(H,32,34)/t27-/m0/s1. The van der Waals surface area contributed by atoms with Gasteiger partial charge < -0.3 is 15.6 Å². The molecule has 0 unspecified atom stereocenters. The SMILES string of the molecule is Cc1ccc(CCN[C@H](C(=O)c2c[nH]c3cc(C(=O)NC(C)C)ccc23)c2ccccc2)cc1. The molecular weight excluding hydrogens is 422 g/mol. The van der Waals surface area contributed by atoms with Crippen LogP contribution in [0, 0.1) is 6.92 Å². The summed E-state index contributed by atoms with van der Waals surface area (Å²) in [6.07, 6.45) is 2.58. The smallest absolute Gasteiger partial charge is 0.251 e. The first-order valence-corrected chi connectivity index (χ1v) is 11.7. The highest BCUT2D eigenvalue weighted by Crippen LogP contribution is 2.26. The molecular formula is C29H31N3O2. The lowest BCUT2D eigenvalue weighted by molar-refractivity contribution is 0.0936. The minimum atomic E-state index is -0.463. The Hall–Kier alpha value is -3.70. The highest BCUT2D eigenvalue weighted by molar-refractivity contribution is 6.11. The van der Waals surface area contributed by atoms with Gasteiger partial charge in [0.1, 0.15) is 0 Å². The Morgan fingerprint density at radius 3 is 2.38 bits per heavy atom. The molecule has 5 nitrogen and oxygen atoms in total. The number of Topliss-reactive ketones (excluding diaryl/α,β-unsaturated/α-hetero) is 1. The van der Waals surface area contributed by atoms with Gasteiger partial charge in [0.05, 0.1) is 6.04 Å². The van der Waals surface area contributed by atoms with E-state index in [0.717, 1.165) is 22.9 Å². The summed E-state index contributed by atoms with van der Waals surface area (Å²) in [4.78, 5) is 29.3. The maximum Gasteiger partial charge on any atom is 0.251 e. The van der Waals surface area contributed by atoms with Crippen LogP contribution in [0.1, 0.15) is 57.3 Å². The third-order valence-corrected chi connectivity index (χ3v) is 5.91. The zero-order chi connectivity index (χ0) is 24.1. The molecule has 174 valence electrons. The summed E-state index contributed by atoms with van der Waals surface area (Å²) in [5.41, 5.74) is 5.35. The van der Waals surface area contributed by atoms with Crippen LogP contribution in [0.15, 0.2) is 79.0 Å². The summed E-state index contributed by atoms with van der Waals surface area (Å²) in [6, 6.07) is 23.3. The Bertz CT molecular complexity index is 1270. The average molecular weight is 454 g/mol. The van der Waals surface area contributed by atoms with E-state index in [-0.39, 0.29) is 17.7 Å². The monoisotopic (exact) mass is 453 g/mol. The lowest BCUT2D eigenvalue weighted by Crippen LogP contribution is -2.30. The van der Waals surface area contributed by atoms with Gasteiger partial charge in [-0.1, -0.05) is 66.2 Å². The van der Waals surface area contributed by atoms with Gasteiger partial charge in [-0.15, -0.1) is 0 Å². The van der Waals surface area contributed by atoms with E-state index in [2.05, 4.69) is 46.8 Å². The molecule has 3 N–H and O–H groups in total. The van der Waals surface area contributed by atoms with Gasteiger partial charge in [-0.3, -0.25) is 9.59 Å². The van der Waals surface area contributed by atoms with Crippen molar-refractivity contribution in [3.8, 4) is 0 Å². The molecule has 1 aromatic heterocycles. The molecule has 0 aliphatic heterocycles. The Labute approximate surface area is 200 Å². The fourth-order valence-corrected chi connectivity index (χ4v) is 4.10. The molecule has 5 heteroatoms. The predicted molar refractivity (Wildman–Crippen MR) is 137 cm³/mol. The highest BCUT2D eigenvalue weighted by atomic mass is 16.1. The number of aryl methyl sites for hydroxylation is 1. The summed E-state index contributed by atoms with van der Waals surface area (Å²) in [5, 5.41) is 7.19. The van der Waals surface area contributed by atoms with Crippen molar-refractivity contribution >= 4 is 22.6 Å². The number of hydrogen-bond acceptors (Lipinski definition) is 3. The van der Waals surface area contributed by atoms with E-state index in [1.165, 1.54) is 11.1 Å². The zero-order valence-electron chi connectivity index (χ0n) is 19.9. The second-order valence-corrected chi connectivity index (χ2v) is 8.99. The van der Waals surface area contributed by atoms with Crippen LogP contribution >= 0.6 is 0 Å². The molecule has 1 atom stereocenters. The van der Waals surface area contributed by atoms with E-state index in [9.17, 15) is 9.59 Å². The van der Waals surface area contributed by atoms with E-state index >= 15 is 0 Å². The molecule has 1 amide bonds. The van der Waals surface area contributed by atoms with Crippen molar-refractivity contribution in [3.63, 3.8) is 0 Å². The number of hydrogen-bond donors (Lipinski definition) is 3. The third kappa shape index (κ3) is 5.43. The lowest BCUT2D eigenvalue weighted by atomic mass is 9.96. The number of H-pyrrole nitrogens is 1. The van der Waals surface area contributed by atoms with Crippen molar-refractivity contribution in [3.05, 3.63) is 107 Å². The Morgan fingerprint density at radius 2 is 1.68 bits per heavy atom. The second-order valence-electron chi connectivity index (χ2n) is 8.99. The molecule has 0 fully saturated rings. The summed E-state index contributed by atoms with van der Waals surface area (Å²) >= 11 is 0. The van der Waals surface area contributed by atoms with Gasteiger partial charge >= 0.3 is 0 Å². The first kappa shape index (κ1) is 23.5. The van der Waals surface area contributed by atoms with Gasteiger partial charge in [-0.2, -0.15) is 0 Å². The van der Waals surface area contributed by atoms with Crippen molar-refractivity contribution in [2.45, 2.75) is 39.3 Å². The van der Waals surface area contributed by atoms with Gasteiger partial charge in [-0.25, -0.2) is 0 Å². The van der Waals surface area contributed by atoms with E-state index in [4.69, 9.17) is 0 Å². The first-order valence-electron chi connectivity index (χ1n) is 11.7. The number of aromatic amines is 1. The maximum absolute atomic E-state index is 13.7. The normalized spacial score (nSPS) is 12.1. The Morgan fingerprint density at radius 1 is 0.941 bits per heavy atom. The van der Waals surface area contributed by atoms with E-state index in [1.807, 2.05) is 50.2 Å². The predicted octanol–water partition coefficient (Wildman–Crippen LogP) is 5.37. The average Bonchev–Trinajstić information content (AvgIpc) is 3.26. The lowest BCUT2D eigenvalue weighted by Gasteiger charge is -2.18. The van der Waals surface area contributed by atoms with Crippen LogP contribution < -0.4 is 10.6 Å². The number of carbonyl (C=O) groups excluding carboxylic acids is 2. The number of rotatable bonds is 9. The molecule has 0 radical (unpaired) electrons. The number of benzene rings is 3. The number of amides is 1. The molecule has 34 heavy (non-hydrogen) atoms. The summed E-state index contributed by atoms with van der Waals surface area (Å²) < 4.78 is 0. The summed E-state index contributed by atoms with van der Waals surface area (Å²) in [6.45, 7) is 6.61. The molecule has 0 bridgehead atoms. The van der Waals surface area contributed by atoms with Gasteiger partial charge in [0.15, 0.2) is 5.78 Å². The van der Waals surface area contributed by atoms with Crippen molar-refractivity contribution < 1.29 is 9.59 Å². The number of nitrogens with one attached hydrogen (secondary N) is 3. The number of aromatic nitrogens is 1. The molecule has 0 saturated heterocycles. The van der Waals surface area contributed by atoms with Crippen LogP contribution in [0.2, 0.25) is 0 Å². The molecule has 0 aliphatic rings. The largest absolute Gasteiger partial charge is 0.360 e. The topological polar surface area (TPSA) is 74.0 Å². The number of ketones is 1.